The number of methoxy groups -OCH3 is 2. The highest BCUT2D eigenvalue weighted by Crippen LogP contribution is 2.30. The molecule has 4 rings (SSSR count). The molecular formula is C22H20FN3O4. The van der Waals surface area contributed by atoms with E-state index in [1.165, 1.54) is 35.4 Å². The predicted molar refractivity (Wildman–Crippen MR) is 109 cm³/mol. The van der Waals surface area contributed by atoms with Gasteiger partial charge in [0.25, 0.3) is 5.56 Å². The van der Waals surface area contributed by atoms with Crippen LogP contribution in [0.1, 0.15) is 11.7 Å². The van der Waals surface area contributed by atoms with Crippen LogP contribution < -0.4 is 15.0 Å². The normalized spacial score (nSPS) is 12.1. The second-order valence-electron chi connectivity index (χ2n) is 6.75. The Morgan fingerprint density at radius 3 is 2.47 bits per heavy atom. The quantitative estimate of drug-likeness (QED) is 0.530. The summed E-state index contributed by atoms with van der Waals surface area (Å²) in [5.74, 6) is 0.713. The van der Waals surface area contributed by atoms with Crippen LogP contribution in [-0.2, 0) is 6.54 Å². The average molecular weight is 409 g/mol. The first-order chi connectivity index (χ1) is 14.5. The zero-order valence-electron chi connectivity index (χ0n) is 16.4. The molecule has 0 saturated heterocycles. The predicted octanol–water partition coefficient (Wildman–Crippen LogP) is 3.05. The Labute approximate surface area is 171 Å². The third-order valence-electron chi connectivity index (χ3n) is 4.91. The molecule has 0 aliphatic rings. The number of aliphatic hydroxyl groups is 1. The molecule has 4 aromatic rings. The average Bonchev–Trinajstić information content (AvgIpc) is 3.20. The summed E-state index contributed by atoms with van der Waals surface area (Å²) >= 11 is 0. The van der Waals surface area contributed by atoms with Crippen molar-refractivity contribution in [2.75, 3.05) is 14.2 Å². The van der Waals surface area contributed by atoms with Crippen molar-refractivity contribution in [3.8, 4) is 22.8 Å². The summed E-state index contributed by atoms with van der Waals surface area (Å²) in [5, 5.41) is 15.0. The largest absolute Gasteiger partial charge is 0.493 e. The summed E-state index contributed by atoms with van der Waals surface area (Å²) in [6.45, 7) is 0.0574. The van der Waals surface area contributed by atoms with Crippen molar-refractivity contribution < 1.29 is 19.0 Å². The highest BCUT2D eigenvalue weighted by molar-refractivity contribution is 5.65. The Kier molecular flexibility index (Phi) is 5.24. The van der Waals surface area contributed by atoms with Crippen LogP contribution in [0.4, 0.5) is 4.39 Å². The molecule has 0 unspecified atom stereocenters. The van der Waals surface area contributed by atoms with E-state index in [4.69, 9.17) is 9.47 Å². The van der Waals surface area contributed by atoms with Crippen LogP contribution >= 0.6 is 0 Å². The second kappa shape index (κ2) is 8.00. The van der Waals surface area contributed by atoms with Crippen molar-refractivity contribution in [1.29, 1.82) is 0 Å². The summed E-state index contributed by atoms with van der Waals surface area (Å²) in [5.41, 5.74) is 1.93. The van der Waals surface area contributed by atoms with Gasteiger partial charge in [-0.15, -0.1) is 0 Å². The molecule has 7 nitrogen and oxygen atoms in total. The summed E-state index contributed by atoms with van der Waals surface area (Å²) in [7, 11) is 3.05. The van der Waals surface area contributed by atoms with Crippen LogP contribution in [-0.4, -0.2) is 33.5 Å². The van der Waals surface area contributed by atoms with E-state index in [-0.39, 0.29) is 17.9 Å². The minimum atomic E-state index is -0.926. The van der Waals surface area contributed by atoms with E-state index in [1.54, 1.807) is 48.8 Å². The molecular weight excluding hydrogens is 389 g/mol. The number of hydrogen-bond acceptors (Lipinski definition) is 5. The van der Waals surface area contributed by atoms with E-state index >= 15 is 0 Å². The van der Waals surface area contributed by atoms with E-state index in [9.17, 15) is 14.3 Å². The zero-order valence-corrected chi connectivity index (χ0v) is 16.4. The molecule has 0 spiro atoms. The number of rotatable bonds is 6. The molecule has 2 aromatic carbocycles. The van der Waals surface area contributed by atoms with Crippen LogP contribution in [0, 0.1) is 5.82 Å². The molecule has 0 amide bonds. The first-order valence-electron chi connectivity index (χ1n) is 9.25. The van der Waals surface area contributed by atoms with E-state index in [1.807, 2.05) is 0 Å². The molecule has 30 heavy (non-hydrogen) atoms. The molecule has 1 N–H and O–H groups in total. The van der Waals surface area contributed by atoms with Crippen LogP contribution in [0.15, 0.2) is 65.7 Å². The molecule has 154 valence electrons. The van der Waals surface area contributed by atoms with Crippen LogP contribution in [0.5, 0.6) is 11.5 Å². The minimum Gasteiger partial charge on any atom is -0.493 e. The Balaban J connectivity index is 1.64. The molecule has 0 radical (unpaired) electrons. The zero-order chi connectivity index (χ0) is 21.3. The monoisotopic (exact) mass is 409 g/mol. The molecule has 0 bridgehead atoms. The van der Waals surface area contributed by atoms with Crippen LogP contribution in [0.2, 0.25) is 0 Å². The summed E-state index contributed by atoms with van der Waals surface area (Å²) in [4.78, 5) is 12.9. The first-order valence-corrected chi connectivity index (χ1v) is 9.25. The van der Waals surface area contributed by atoms with Gasteiger partial charge in [-0.1, -0.05) is 6.07 Å². The van der Waals surface area contributed by atoms with Gasteiger partial charge < -0.3 is 19.1 Å². The van der Waals surface area contributed by atoms with Crippen molar-refractivity contribution in [1.82, 2.24) is 14.2 Å². The standard InChI is InChI=1S/C22H20FN3O4/c1-29-20-8-5-15(11-21(20)30-2)19(27)13-25-9-10-26-18(22(25)28)12-17(24-26)14-3-6-16(23)7-4-14/h3-12,19,27H,13H2,1-2H3/t19-/m0/s1. The van der Waals surface area contributed by atoms with Gasteiger partial charge in [-0.2, -0.15) is 5.10 Å². The lowest BCUT2D eigenvalue weighted by Crippen LogP contribution is -2.24. The summed E-state index contributed by atoms with van der Waals surface area (Å²) < 4.78 is 26.5. The number of halogens is 1. The number of fused-ring (bicyclic) bond motifs is 1. The summed E-state index contributed by atoms with van der Waals surface area (Å²) in [6.07, 6.45) is 2.29. The second-order valence-corrected chi connectivity index (χ2v) is 6.75. The number of ether oxygens (including phenoxy) is 2. The van der Waals surface area contributed by atoms with E-state index in [2.05, 4.69) is 5.10 Å². The maximum atomic E-state index is 13.2. The van der Waals surface area contributed by atoms with Crippen molar-refractivity contribution in [3.05, 3.63) is 82.7 Å². The van der Waals surface area contributed by atoms with E-state index < -0.39 is 6.10 Å². The fourth-order valence-electron chi connectivity index (χ4n) is 3.28. The highest BCUT2D eigenvalue weighted by Gasteiger charge is 2.15. The third kappa shape index (κ3) is 3.65. The lowest BCUT2D eigenvalue weighted by molar-refractivity contribution is 0.154. The topological polar surface area (TPSA) is 78.0 Å². The Morgan fingerprint density at radius 1 is 1.03 bits per heavy atom. The van der Waals surface area contributed by atoms with E-state index in [0.29, 0.717) is 33.8 Å². The first kappa shape index (κ1) is 19.7. The Bertz CT molecular complexity index is 1250. The molecule has 0 fully saturated rings. The minimum absolute atomic E-state index is 0.0574. The Morgan fingerprint density at radius 2 is 1.77 bits per heavy atom. The SMILES string of the molecule is COc1ccc([C@@H](O)Cn2ccn3nc(-c4ccc(F)cc4)cc3c2=O)cc1OC. The molecule has 2 heterocycles. The molecule has 0 aliphatic heterocycles. The maximum Gasteiger partial charge on any atom is 0.276 e. The van der Waals surface area contributed by atoms with Gasteiger partial charge in [0.2, 0.25) is 0 Å². The van der Waals surface area contributed by atoms with Gasteiger partial charge in [-0.25, -0.2) is 8.91 Å². The number of aromatic nitrogens is 3. The molecule has 8 heteroatoms. The van der Waals surface area contributed by atoms with Gasteiger partial charge in [0.05, 0.1) is 32.6 Å². The summed E-state index contributed by atoms with van der Waals surface area (Å²) in [6, 6.07) is 12.7. The third-order valence-corrected chi connectivity index (χ3v) is 4.91. The Hall–Kier alpha value is -3.65. The van der Waals surface area contributed by atoms with Crippen molar-refractivity contribution in [3.63, 3.8) is 0 Å². The van der Waals surface area contributed by atoms with Crippen molar-refractivity contribution in [2.24, 2.45) is 0 Å². The van der Waals surface area contributed by atoms with Gasteiger partial charge in [0.15, 0.2) is 11.5 Å². The molecule has 1 atom stereocenters. The smallest absolute Gasteiger partial charge is 0.276 e. The molecule has 2 aromatic heterocycles. The van der Waals surface area contributed by atoms with Gasteiger partial charge in [-0.05, 0) is 48.0 Å². The van der Waals surface area contributed by atoms with Crippen molar-refractivity contribution >= 4 is 5.52 Å². The fourth-order valence-corrected chi connectivity index (χ4v) is 3.28. The lowest BCUT2D eigenvalue weighted by Gasteiger charge is -2.15. The molecule has 0 aliphatic carbocycles. The van der Waals surface area contributed by atoms with Gasteiger partial charge in [0, 0.05) is 18.0 Å². The number of hydrogen-bond donors (Lipinski definition) is 1. The van der Waals surface area contributed by atoms with Gasteiger partial charge >= 0.3 is 0 Å². The fraction of sp³-hybridized carbons (Fsp3) is 0.182. The van der Waals surface area contributed by atoms with Crippen LogP contribution in [0.25, 0.3) is 16.8 Å². The highest BCUT2D eigenvalue weighted by atomic mass is 19.1. The van der Waals surface area contributed by atoms with Crippen molar-refractivity contribution in [2.45, 2.75) is 12.6 Å². The molecule has 0 saturated carbocycles. The number of aliphatic hydroxyl groups excluding tert-OH is 1. The van der Waals surface area contributed by atoms with Crippen LogP contribution in [0.3, 0.4) is 0 Å². The maximum absolute atomic E-state index is 13.2. The lowest BCUT2D eigenvalue weighted by atomic mass is 10.1. The van der Waals surface area contributed by atoms with E-state index in [0.717, 1.165) is 0 Å². The number of benzene rings is 2. The number of nitrogens with zero attached hydrogens (tertiary/aromatic N) is 3. The van der Waals surface area contributed by atoms with Gasteiger partial charge in [0.1, 0.15) is 11.3 Å². The van der Waals surface area contributed by atoms with Gasteiger partial charge in [-0.3, -0.25) is 4.79 Å².